The zero-order valence-corrected chi connectivity index (χ0v) is 18.0. The van der Waals surface area contributed by atoms with Gasteiger partial charge in [0, 0.05) is 25.4 Å². The fourth-order valence-corrected chi connectivity index (χ4v) is 4.96. The van der Waals surface area contributed by atoms with Crippen LogP contribution in [0.3, 0.4) is 0 Å². The monoisotopic (exact) mass is 487 g/mol. The number of amides is 3. The Bertz CT molecular complexity index is 989. The molecule has 0 spiro atoms. The number of carboxylic acid groups (broad SMARTS) is 1. The molecule has 3 atom stereocenters. The van der Waals surface area contributed by atoms with Gasteiger partial charge in [-0.2, -0.15) is 0 Å². The fraction of sp³-hybridized carbons (Fsp3) is 0.350. The molecule has 3 N–H and O–H groups in total. The molecule has 2 aliphatic rings. The second kappa shape index (κ2) is 11.2. The van der Waals surface area contributed by atoms with Crippen molar-refractivity contribution in [2.45, 2.75) is 24.1 Å². The Morgan fingerprint density at radius 1 is 1.33 bits per heavy atom. The van der Waals surface area contributed by atoms with Gasteiger partial charge in [0.2, 0.25) is 12.3 Å². The van der Waals surface area contributed by atoms with Crippen LogP contribution in [0.2, 0.25) is 0 Å². The fourth-order valence-electron chi connectivity index (χ4n) is 3.54. The molecule has 0 saturated carbocycles. The van der Waals surface area contributed by atoms with Crippen molar-refractivity contribution in [1.29, 1.82) is 0 Å². The van der Waals surface area contributed by atoms with Crippen molar-refractivity contribution in [2.24, 2.45) is 0 Å². The van der Waals surface area contributed by atoms with Crippen molar-refractivity contribution in [1.82, 2.24) is 15.5 Å². The molecule has 2 heterocycles. The number of carbonyl (C=O) groups excluding carboxylic acids is 4. The van der Waals surface area contributed by atoms with Crippen LogP contribution in [0.1, 0.15) is 18.5 Å². The second-order valence-electron chi connectivity index (χ2n) is 6.93. The zero-order chi connectivity index (χ0) is 23.5. The molecule has 0 aromatic heterocycles. The molecule has 0 radical (unpaired) electrons. The van der Waals surface area contributed by atoms with E-state index in [1.54, 1.807) is 30.3 Å². The van der Waals surface area contributed by atoms with Crippen molar-refractivity contribution in [3.8, 4) is 0 Å². The van der Waals surface area contributed by atoms with Gasteiger partial charge in [-0.15, -0.1) is 11.8 Å². The predicted octanol–water partition coefficient (Wildman–Crippen LogP) is -0.899. The topological polar surface area (TPSA) is 151 Å². The Labute approximate surface area is 215 Å². The van der Waals surface area contributed by atoms with Gasteiger partial charge < -0.3 is 25.2 Å². The number of nitrogens with one attached hydrogen (secondary N) is 2. The summed E-state index contributed by atoms with van der Waals surface area (Å²) in [4.78, 5) is 61.1. The first-order valence-electron chi connectivity index (χ1n) is 9.42. The summed E-state index contributed by atoms with van der Waals surface area (Å²) in [5.41, 5.74) is -1.40. The third-order valence-corrected chi connectivity index (χ3v) is 6.40. The summed E-state index contributed by atoms with van der Waals surface area (Å²) in [6.45, 7) is 0.919. The standard InChI is InChI=1S/C20H21N3O8S.Na.H/c1-11(25)31-8-13-9-32-19-20(30-2,18(29)23(19)15(13)17(27)28)22-16(26)14(21-10-24)12-6-4-3-5-7-12;;/h3-7,10,14,19H,8-9H2,1-2H3,(H,21,24)(H,22,26)(H,27,28);;/t14?,19?,20-;;/m1../s1. The molecule has 1 fully saturated rings. The van der Waals surface area contributed by atoms with E-state index in [0.717, 1.165) is 16.7 Å². The average Bonchev–Trinajstić information content (AvgIpc) is 2.78. The van der Waals surface area contributed by atoms with Gasteiger partial charge in [0.15, 0.2) is 0 Å². The summed E-state index contributed by atoms with van der Waals surface area (Å²) in [7, 11) is 1.22. The van der Waals surface area contributed by atoms with Gasteiger partial charge in [-0.1, -0.05) is 30.3 Å². The molecular weight excluding hydrogens is 465 g/mol. The van der Waals surface area contributed by atoms with Gasteiger partial charge in [-0.3, -0.25) is 24.1 Å². The van der Waals surface area contributed by atoms with E-state index >= 15 is 0 Å². The predicted molar refractivity (Wildman–Crippen MR) is 118 cm³/mol. The summed E-state index contributed by atoms with van der Waals surface area (Å²) in [6.07, 6.45) is 0.369. The van der Waals surface area contributed by atoms with E-state index in [1.807, 2.05) is 0 Å². The van der Waals surface area contributed by atoms with Crippen LogP contribution in [0.25, 0.3) is 0 Å². The first-order valence-corrected chi connectivity index (χ1v) is 10.5. The molecule has 2 unspecified atom stereocenters. The number of esters is 1. The molecule has 13 heteroatoms. The Morgan fingerprint density at radius 3 is 2.55 bits per heavy atom. The Hall–Kier alpha value is -2.38. The molecule has 1 aromatic rings. The number of β-lactam (4-membered cyclic amide) rings is 1. The molecule has 0 bridgehead atoms. The number of carboxylic acids is 1. The maximum absolute atomic E-state index is 13.1. The first-order chi connectivity index (χ1) is 15.3. The minimum absolute atomic E-state index is 0. The van der Waals surface area contributed by atoms with E-state index in [1.165, 1.54) is 14.0 Å². The van der Waals surface area contributed by atoms with Crippen LogP contribution in [0, 0.1) is 0 Å². The van der Waals surface area contributed by atoms with Crippen molar-refractivity contribution in [2.75, 3.05) is 19.5 Å². The number of aliphatic carboxylic acids is 1. The maximum atomic E-state index is 13.1. The number of fused-ring (bicyclic) bond motifs is 1. The van der Waals surface area contributed by atoms with Crippen LogP contribution in [-0.4, -0.2) is 100 Å². The number of thioether (sulfide) groups is 1. The van der Waals surface area contributed by atoms with Gasteiger partial charge in [-0.05, 0) is 5.56 Å². The number of ether oxygens (including phenoxy) is 2. The molecule has 172 valence electrons. The summed E-state index contributed by atoms with van der Waals surface area (Å²) < 4.78 is 10.3. The molecule has 2 aliphatic heterocycles. The zero-order valence-electron chi connectivity index (χ0n) is 17.2. The van der Waals surface area contributed by atoms with Crippen LogP contribution in [0.4, 0.5) is 0 Å². The molecule has 33 heavy (non-hydrogen) atoms. The SMILES string of the molecule is CO[C@]1(NC(=O)C(NC=O)c2ccccc2)C(=O)N2C(C(=O)O)=C(COC(C)=O)CSC21.[NaH]. The van der Waals surface area contributed by atoms with Crippen molar-refractivity contribution in [3.63, 3.8) is 0 Å². The Kier molecular flexibility index (Phi) is 9.09. The number of rotatable bonds is 9. The quantitative estimate of drug-likeness (QED) is 0.132. The molecule has 1 aromatic carbocycles. The Morgan fingerprint density at radius 2 is 2.00 bits per heavy atom. The minimum atomic E-state index is -1.83. The molecule has 3 rings (SSSR count). The average molecular weight is 487 g/mol. The summed E-state index contributed by atoms with van der Waals surface area (Å²) in [5, 5.41) is 13.7. The number of hydrogen-bond acceptors (Lipinski definition) is 8. The Balaban J connectivity index is 0.00000385. The van der Waals surface area contributed by atoms with Crippen molar-refractivity contribution < 1.29 is 38.6 Å². The molecule has 1 saturated heterocycles. The van der Waals surface area contributed by atoms with Gasteiger partial charge in [0.05, 0.1) is 0 Å². The molecule has 11 nitrogen and oxygen atoms in total. The molecule has 0 aliphatic carbocycles. The number of benzene rings is 1. The van der Waals surface area contributed by atoms with Crippen LogP contribution in [-0.2, 0) is 33.4 Å². The van der Waals surface area contributed by atoms with Crippen LogP contribution in [0.5, 0.6) is 0 Å². The van der Waals surface area contributed by atoms with Crippen molar-refractivity contribution >= 4 is 71.5 Å². The molecule has 3 amide bonds. The number of nitrogens with zero attached hydrogens (tertiary/aromatic N) is 1. The summed E-state index contributed by atoms with van der Waals surface area (Å²) >= 11 is 1.15. The normalized spacial score (nSPS) is 22.2. The van der Waals surface area contributed by atoms with E-state index < -0.39 is 40.9 Å². The summed E-state index contributed by atoms with van der Waals surface area (Å²) in [6, 6.07) is 7.31. The van der Waals surface area contributed by atoms with E-state index in [2.05, 4.69) is 10.6 Å². The van der Waals surface area contributed by atoms with Gasteiger partial charge in [0.1, 0.15) is 23.7 Å². The van der Waals surface area contributed by atoms with Gasteiger partial charge in [-0.25, -0.2) is 4.79 Å². The van der Waals surface area contributed by atoms with E-state index in [0.29, 0.717) is 12.0 Å². The molecular formula is C20H22N3NaO8S. The van der Waals surface area contributed by atoms with Crippen molar-refractivity contribution in [3.05, 3.63) is 47.2 Å². The first kappa shape index (κ1) is 26.9. The van der Waals surface area contributed by atoms with E-state index in [-0.39, 0.29) is 53.2 Å². The number of hydrogen-bond donors (Lipinski definition) is 3. The van der Waals surface area contributed by atoms with E-state index in [9.17, 15) is 29.1 Å². The van der Waals surface area contributed by atoms with E-state index in [4.69, 9.17) is 9.47 Å². The van der Waals surface area contributed by atoms with Crippen LogP contribution >= 0.6 is 11.8 Å². The second-order valence-corrected chi connectivity index (χ2v) is 8.00. The van der Waals surface area contributed by atoms with Crippen LogP contribution < -0.4 is 10.6 Å². The number of carbonyl (C=O) groups is 5. The van der Waals surface area contributed by atoms with Gasteiger partial charge >= 0.3 is 41.5 Å². The summed E-state index contributed by atoms with van der Waals surface area (Å²) in [5.74, 6) is -3.31. The third-order valence-electron chi connectivity index (χ3n) is 5.02. The van der Waals surface area contributed by atoms with Gasteiger partial charge in [0.25, 0.3) is 11.6 Å². The third kappa shape index (κ3) is 5.09. The van der Waals surface area contributed by atoms with Crippen LogP contribution in [0.15, 0.2) is 41.6 Å². The number of methoxy groups -OCH3 is 1.